The van der Waals surface area contributed by atoms with Crippen LogP contribution in [0.2, 0.25) is 0 Å². The van der Waals surface area contributed by atoms with Crippen molar-refractivity contribution in [1.29, 1.82) is 0 Å². The number of β-amino-alcohol motifs (C(OH)–C–C–N with tert-alkyl or cyclic N) is 1. The second kappa shape index (κ2) is 7.67. The predicted octanol–water partition coefficient (Wildman–Crippen LogP) is 1.25. The molecule has 0 aliphatic carbocycles. The molecule has 1 aromatic rings. The van der Waals surface area contributed by atoms with E-state index in [0.717, 1.165) is 18.1 Å². The van der Waals surface area contributed by atoms with Gasteiger partial charge in [0.25, 0.3) is 5.91 Å². The monoisotopic (exact) mass is 294 g/mol. The second-order valence-electron chi connectivity index (χ2n) is 5.03. The van der Waals surface area contributed by atoms with Crippen LogP contribution >= 0.6 is 11.8 Å². The maximum absolute atomic E-state index is 12.0. The van der Waals surface area contributed by atoms with E-state index in [1.807, 2.05) is 36.0 Å². The molecule has 2 rings (SSSR count). The normalized spacial score (nSPS) is 21.9. The minimum atomic E-state index is -0.358. The maximum atomic E-state index is 12.0. The summed E-state index contributed by atoms with van der Waals surface area (Å²) in [6.45, 7) is 4.03. The van der Waals surface area contributed by atoms with E-state index in [4.69, 9.17) is 0 Å². The molecule has 20 heavy (non-hydrogen) atoms. The van der Waals surface area contributed by atoms with Crippen LogP contribution in [0.3, 0.4) is 0 Å². The van der Waals surface area contributed by atoms with Crippen molar-refractivity contribution in [2.45, 2.75) is 18.8 Å². The molecule has 5 heteroatoms. The fraction of sp³-hybridized carbons (Fsp3) is 0.533. The molecule has 3 N–H and O–H groups in total. The Morgan fingerprint density at radius 1 is 1.40 bits per heavy atom. The van der Waals surface area contributed by atoms with Gasteiger partial charge in [-0.2, -0.15) is 11.8 Å². The van der Waals surface area contributed by atoms with E-state index in [1.165, 1.54) is 5.56 Å². The third kappa shape index (κ3) is 4.23. The predicted molar refractivity (Wildman–Crippen MR) is 83.0 cm³/mol. The van der Waals surface area contributed by atoms with E-state index in [-0.39, 0.29) is 17.9 Å². The molecule has 110 valence electrons. The minimum absolute atomic E-state index is 0.0706. The largest absolute Gasteiger partial charge is 0.391 e. The van der Waals surface area contributed by atoms with Crippen molar-refractivity contribution in [2.75, 3.05) is 25.4 Å². The molecule has 4 nitrogen and oxygen atoms in total. The van der Waals surface area contributed by atoms with Crippen molar-refractivity contribution in [3.63, 3.8) is 0 Å². The summed E-state index contributed by atoms with van der Waals surface area (Å²) in [5, 5.41) is 15.7. The summed E-state index contributed by atoms with van der Waals surface area (Å²) >= 11 is 1.87. The number of carbonyl (C=O) groups excluding carboxylic acids is 1. The van der Waals surface area contributed by atoms with Crippen molar-refractivity contribution in [1.82, 2.24) is 10.6 Å². The Bertz CT molecular complexity index is 436. The number of amides is 1. The van der Waals surface area contributed by atoms with Crippen LogP contribution < -0.4 is 10.6 Å². The van der Waals surface area contributed by atoms with Crippen molar-refractivity contribution < 1.29 is 9.90 Å². The number of aliphatic hydroxyl groups is 1. The first-order chi connectivity index (χ1) is 9.70. The Morgan fingerprint density at radius 3 is 2.75 bits per heavy atom. The zero-order valence-corrected chi connectivity index (χ0v) is 12.6. The molecule has 1 aliphatic heterocycles. The van der Waals surface area contributed by atoms with Gasteiger partial charge < -0.3 is 15.7 Å². The first-order valence-corrected chi connectivity index (χ1v) is 8.20. The van der Waals surface area contributed by atoms with Crippen LogP contribution in [0.5, 0.6) is 0 Å². The van der Waals surface area contributed by atoms with Crippen molar-refractivity contribution in [3.05, 3.63) is 35.4 Å². The fourth-order valence-corrected chi connectivity index (χ4v) is 2.86. The molecule has 1 heterocycles. The Balaban J connectivity index is 1.82. The standard InChI is InChI=1S/C15H22N2O2S/c1-2-20-10-11-3-5-12(6-4-11)15(19)17-8-13-7-16-9-14(13)18/h3-6,13-14,16,18H,2,7-10H2,1H3,(H,17,19). The minimum Gasteiger partial charge on any atom is -0.391 e. The molecule has 1 amide bonds. The molecule has 2 unspecified atom stereocenters. The molecule has 1 saturated heterocycles. The summed E-state index contributed by atoms with van der Waals surface area (Å²) in [6.07, 6.45) is -0.358. The molecule has 0 aromatic heterocycles. The summed E-state index contributed by atoms with van der Waals surface area (Å²) in [5.74, 6) is 2.12. The van der Waals surface area contributed by atoms with E-state index in [0.29, 0.717) is 18.7 Å². The van der Waals surface area contributed by atoms with Gasteiger partial charge in [-0.25, -0.2) is 0 Å². The van der Waals surface area contributed by atoms with Gasteiger partial charge in [-0.3, -0.25) is 4.79 Å². The van der Waals surface area contributed by atoms with Gasteiger partial charge in [0.05, 0.1) is 6.10 Å². The number of rotatable bonds is 6. The zero-order valence-electron chi connectivity index (χ0n) is 11.8. The van der Waals surface area contributed by atoms with Gasteiger partial charge in [-0.15, -0.1) is 0 Å². The van der Waals surface area contributed by atoms with Gasteiger partial charge >= 0.3 is 0 Å². The number of benzene rings is 1. The first-order valence-electron chi connectivity index (χ1n) is 7.04. The molecule has 1 aromatic carbocycles. The number of nitrogens with one attached hydrogen (secondary N) is 2. The van der Waals surface area contributed by atoms with Crippen LogP contribution in [-0.4, -0.2) is 42.5 Å². The quantitative estimate of drug-likeness (QED) is 0.739. The highest BCUT2D eigenvalue weighted by Crippen LogP contribution is 2.13. The molecule has 1 fully saturated rings. The van der Waals surface area contributed by atoms with Gasteiger partial charge in [0.1, 0.15) is 0 Å². The first kappa shape index (κ1) is 15.4. The molecule has 0 saturated carbocycles. The highest BCUT2D eigenvalue weighted by Gasteiger charge is 2.25. The number of hydrogen-bond acceptors (Lipinski definition) is 4. The van der Waals surface area contributed by atoms with Crippen LogP contribution in [0.15, 0.2) is 24.3 Å². The van der Waals surface area contributed by atoms with E-state index in [2.05, 4.69) is 17.6 Å². The Hall–Kier alpha value is -1.04. The van der Waals surface area contributed by atoms with Crippen molar-refractivity contribution in [2.24, 2.45) is 5.92 Å². The van der Waals surface area contributed by atoms with E-state index >= 15 is 0 Å². The van der Waals surface area contributed by atoms with Gasteiger partial charge in [-0.1, -0.05) is 19.1 Å². The Labute approximate surface area is 124 Å². The number of aliphatic hydroxyl groups excluding tert-OH is 1. The number of carbonyl (C=O) groups is 1. The third-order valence-corrected chi connectivity index (χ3v) is 4.46. The smallest absolute Gasteiger partial charge is 0.251 e. The van der Waals surface area contributed by atoms with E-state index < -0.39 is 0 Å². The topological polar surface area (TPSA) is 61.4 Å². The van der Waals surface area contributed by atoms with Gasteiger partial charge in [0.15, 0.2) is 0 Å². The fourth-order valence-electron chi connectivity index (χ4n) is 2.23. The lowest BCUT2D eigenvalue weighted by Gasteiger charge is -2.14. The van der Waals surface area contributed by atoms with E-state index in [9.17, 15) is 9.90 Å². The highest BCUT2D eigenvalue weighted by atomic mass is 32.2. The molecular formula is C15H22N2O2S. The molecule has 0 bridgehead atoms. The lowest BCUT2D eigenvalue weighted by molar-refractivity contribution is 0.0927. The van der Waals surface area contributed by atoms with Crippen LogP contribution in [0.25, 0.3) is 0 Å². The zero-order chi connectivity index (χ0) is 14.4. The van der Waals surface area contributed by atoms with Crippen LogP contribution in [0, 0.1) is 5.92 Å². The molecule has 1 aliphatic rings. The average molecular weight is 294 g/mol. The second-order valence-corrected chi connectivity index (χ2v) is 6.30. The number of hydrogen-bond donors (Lipinski definition) is 3. The van der Waals surface area contributed by atoms with Gasteiger partial charge in [-0.05, 0) is 23.4 Å². The Kier molecular flexibility index (Phi) is 5.88. The maximum Gasteiger partial charge on any atom is 0.251 e. The Morgan fingerprint density at radius 2 is 2.15 bits per heavy atom. The van der Waals surface area contributed by atoms with Crippen molar-refractivity contribution in [3.8, 4) is 0 Å². The molecule has 0 spiro atoms. The summed E-state index contributed by atoms with van der Waals surface area (Å²) in [7, 11) is 0. The third-order valence-electron chi connectivity index (χ3n) is 3.52. The van der Waals surface area contributed by atoms with E-state index in [1.54, 1.807) is 0 Å². The lowest BCUT2D eigenvalue weighted by Crippen LogP contribution is -2.34. The van der Waals surface area contributed by atoms with Gasteiger partial charge in [0, 0.05) is 36.9 Å². The summed E-state index contributed by atoms with van der Waals surface area (Å²) in [5.41, 5.74) is 1.92. The average Bonchev–Trinajstić information content (AvgIpc) is 2.88. The van der Waals surface area contributed by atoms with Crippen LogP contribution in [0.1, 0.15) is 22.8 Å². The molecule has 2 atom stereocenters. The summed E-state index contributed by atoms with van der Waals surface area (Å²) < 4.78 is 0. The lowest BCUT2D eigenvalue weighted by atomic mass is 10.1. The summed E-state index contributed by atoms with van der Waals surface area (Å²) in [4.78, 5) is 12.0. The highest BCUT2D eigenvalue weighted by molar-refractivity contribution is 7.98. The molecule has 0 radical (unpaired) electrons. The summed E-state index contributed by atoms with van der Waals surface area (Å²) in [6, 6.07) is 7.74. The van der Waals surface area contributed by atoms with Crippen molar-refractivity contribution >= 4 is 17.7 Å². The van der Waals surface area contributed by atoms with Crippen LogP contribution in [-0.2, 0) is 5.75 Å². The number of thioether (sulfide) groups is 1. The van der Waals surface area contributed by atoms with Gasteiger partial charge in [0.2, 0.25) is 0 Å². The SMILES string of the molecule is CCSCc1ccc(C(=O)NCC2CNCC2O)cc1. The molecular weight excluding hydrogens is 272 g/mol. The van der Waals surface area contributed by atoms with Crippen LogP contribution in [0.4, 0.5) is 0 Å².